The first-order chi connectivity index (χ1) is 46.2. The Morgan fingerprint density at radius 2 is 0.479 bits per heavy atom. The molecule has 0 aliphatic rings. The minimum atomic E-state index is -4.96. The van der Waals surface area contributed by atoms with E-state index in [1.54, 1.807) is 0 Å². The zero-order valence-corrected chi connectivity index (χ0v) is 64.6. The van der Waals surface area contributed by atoms with Crippen molar-refractivity contribution in [3.05, 3.63) is 0 Å². The molecule has 570 valence electrons. The van der Waals surface area contributed by atoms with Crippen molar-refractivity contribution < 1.29 is 80.2 Å². The Morgan fingerprint density at radius 3 is 0.708 bits per heavy atom. The third-order valence-electron chi connectivity index (χ3n) is 17.9. The zero-order chi connectivity index (χ0) is 70.9. The number of phosphoric acid groups is 2. The van der Waals surface area contributed by atoms with Crippen LogP contribution in [0, 0.1) is 17.8 Å². The molecule has 0 aromatic heterocycles. The molecule has 0 aliphatic carbocycles. The van der Waals surface area contributed by atoms with Gasteiger partial charge in [0.1, 0.15) is 19.3 Å². The lowest BCUT2D eigenvalue weighted by atomic mass is 10.0. The summed E-state index contributed by atoms with van der Waals surface area (Å²) < 4.78 is 68.5. The van der Waals surface area contributed by atoms with Crippen LogP contribution >= 0.6 is 15.6 Å². The summed E-state index contributed by atoms with van der Waals surface area (Å²) >= 11 is 0. The Labute approximate surface area is 588 Å². The minimum Gasteiger partial charge on any atom is -0.462 e. The molecule has 19 heteroatoms. The molecular weight excluding hydrogens is 1260 g/mol. The van der Waals surface area contributed by atoms with Crippen molar-refractivity contribution >= 4 is 39.5 Å². The summed E-state index contributed by atoms with van der Waals surface area (Å²) in [5.74, 6) is 0.163. The molecular formula is C77H150O17P2. The molecule has 0 radical (unpaired) electrons. The van der Waals surface area contributed by atoms with E-state index in [1.165, 1.54) is 199 Å². The lowest BCUT2D eigenvalue weighted by Gasteiger charge is -2.21. The first kappa shape index (κ1) is 94.1. The molecule has 0 amide bonds. The molecule has 0 spiro atoms. The molecule has 0 bridgehead atoms. The molecule has 0 saturated heterocycles. The number of unbranched alkanes of at least 4 members (excludes halogenated alkanes) is 43. The van der Waals surface area contributed by atoms with E-state index < -0.39 is 97.5 Å². The lowest BCUT2D eigenvalue weighted by Crippen LogP contribution is -2.30. The standard InChI is InChI=1S/C77H150O17P2/c1-8-9-10-11-12-13-14-26-32-37-46-53-60-76(81)94-73(65-88-75(80)59-52-45-40-39-43-50-57-70(6)7)67-92-96(85,86)90-63-71(78)62-89-95(83,84)91-66-72(64-87-74(79)58-51-44-36-31-27-23-19-21-25-30-35-42-49-56-69(4)5)93-77(82)61-54-47-38-33-28-22-18-16-15-17-20-24-29-34-41-48-55-68(2)3/h68-73,78H,8-67H2,1-7H3,(H,83,84)(H,85,86)/t71-,72-,73-/m1/s1. The van der Waals surface area contributed by atoms with Gasteiger partial charge in [-0.1, -0.05) is 344 Å². The van der Waals surface area contributed by atoms with Gasteiger partial charge in [0.2, 0.25) is 0 Å². The Hall–Kier alpha value is -1.94. The van der Waals surface area contributed by atoms with Gasteiger partial charge in [0, 0.05) is 25.7 Å². The molecule has 0 aliphatic heterocycles. The number of carbonyl (C=O) groups is 4. The normalized spacial score (nSPS) is 14.1. The summed E-state index contributed by atoms with van der Waals surface area (Å²) in [6.07, 6.45) is 54.2. The molecule has 17 nitrogen and oxygen atoms in total. The van der Waals surface area contributed by atoms with Crippen LogP contribution in [-0.2, 0) is 65.4 Å². The monoisotopic (exact) mass is 1410 g/mol. The number of hydrogen-bond acceptors (Lipinski definition) is 15. The SMILES string of the molecule is CCCCCCCCCCCCCCC(=O)O[C@H](COC(=O)CCCCCCCCC(C)C)COP(=O)(O)OC[C@H](O)COP(=O)(O)OC[C@@H](COC(=O)CCCCCCCCCCCCCCCC(C)C)OC(=O)CCCCCCCCCCCCCCCCCCC(C)C. The maximum atomic E-state index is 13.1. The summed E-state index contributed by atoms with van der Waals surface area (Å²) in [6, 6.07) is 0. The quantitative estimate of drug-likeness (QED) is 0.0222. The third-order valence-corrected chi connectivity index (χ3v) is 19.8. The predicted molar refractivity (Wildman–Crippen MR) is 391 cm³/mol. The van der Waals surface area contributed by atoms with Crippen LogP contribution in [0.1, 0.15) is 395 Å². The van der Waals surface area contributed by atoms with Gasteiger partial charge in [0.15, 0.2) is 12.2 Å². The first-order valence-electron chi connectivity index (χ1n) is 39.8. The number of rotatable bonds is 75. The second-order valence-corrected chi connectivity index (χ2v) is 32.1. The Morgan fingerprint density at radius 1 is 0.281 bits per heavy atom. The van der Waals surface area contributed by atoms with Crippen molar-refractivity contribution in [2.24, 2.45) is 17.8 Å². The molecule has 0 aromatic rings. The number of ether oxygens (including phenoxy) is 4. The molecule has 0 rings (SSSR count). The number of aliphatic hydroxyl groups is 1. The van der Waals surface area contributed by atoms with Crippen LogP contribution in [0.4, 0.5) is 0 Å². The van der Waals surface area contributed by atoms with Crippen LogP contribution < -0.4 is 0 Å². The maximum Gasteiger partial charge on any atom is 0.472 e. The van der Waals surface area contributed by atoms with Crippen molar-refractivity contribution in [2.45, 2.75) is 414 Å². The fourth-order valence-corrected chi connectivity index (χ4v) is 13.4. The van der Waals surface area contributed by atoms with E-state index in [9.17, 15) is 43.2 Å². The van der Waals surface area contributed by atoms with Crippen LogP contribution in [-0.4, -0.2) is 96.7 Å². The number of hydrogen-bond donors (Lipinski definition) is 3. The molecule has 0 fully saturated rings. The van der Waals surface area contributed by atoms with Gasteiger partial charge in [-0.05, 0) is 43.4 Å². The van der Waals surface area contributed by atoms with Crippen molar-refractivity contribution in [2.75, 3.05) is 39.6 Å². The number of aliphatic hydroxyl groups excluding tert-OH is 1. The molecule has 96 heavy (non-hydrogen) atoms. The van der Waals surface area contributed by atoms with Gasteiger partial charge >= 0.3 is 39.5 Å². The number of carbonyl (C=O) groups excluding carboxylic acids is 4. The van der Waals surface area contributed by atoms with Gasteiger partial charge in [0.25, 0.3) is 0 Å². The summed E-state index contributed by atoms with van der Waals surface area (Å²) in [5, 5.41) is 10.6. The number of esters is 4. The van der Waals surface area contributed by atoms with Gasteiger partial charge in [-0.25, -0.2) is 9.13 Å². The van der Waals surface area contributed by atoms with Gasteiger partial charge < -0.3 is 33.8 Å². The molecule has 3 N–H and O–H groups in total. The molecule has 5 atom stereocenters. The van der Waals surface area contributed by atoms with Crippen molar-refractivity contribution in [3.63, 3.8) is 0 Å². The average molecular weight is 1410 g/mol. The smallest absolute Gasteiger partial charge is 0.462 e. The second-order valence-electron chi connectivity index (χ2n) is 29.2. The Bertz CT molecular complexity index is 1870. The molecule has 0 saturated carbocycles. The highest BCUT2D eigenvalue weighted by atomic mass is 31.2. The maximum absolute atomic E-state index is 13.1. The Balaban J connectivity index is 5.22. The average Bonchev–Trinajstić information content (AvgIpc) is 1.55. The summed E-state index contributed by atoms with van der Waals surface area (Å²) in [4.78, 5) is 72.8. The summed E-state index contributed by atoms with van der Waals surface area (Å²) in [6.45, 7) is 11.9. The number of phosphoric ester groups is 2. The van der Waals surface area contributed by atoms with E-state index in [0.717, 1.165) is 108 Å². The van der Waals surface area contributed by atoms with Gasteiger partial charge in [-0.2, -0.15) is 0 Å². The minimum absolute atomic E-state index is 0.106. The van der Waals surface area contributed by atoms with Gasteiger partial charge in [0.05, 0.1) is 26.4 Å². The second kappa shape index (κ2) is 67.5. The molecule has 2 unspecified atom stereocenters. The van der Waals surface area contributed by atoms with Crippen molar-refractivity contribution in [1.82, 2.24) is 0 Å². The highest BCUT2D eigenvalue weighted by molar-refractivity contribution is 7.47. The molecule has 0 aromatic carbocycles. The third kappa shape index (κ3) is 70.5. The van der Waals surface area contributed by atoms with Crippen LogP contribution in [0.25, 0.3) is 0 Å². The fourth-order valence-electron chi connectivity index (χ4n) is 11.8. The zero-order valence-electron chi connectivity index (χ0n) is 62.8. The summed E-state index contributed by atoms with van der Waals surface area (Å²) in [7, 11) is -9.91. The van der Waals surface area contributed by atoms with E-state index >= 15 is 0 Å². The fraction of sp³-hybridized carbons (Fsp3) is 0.948. The van der Waals surface area contributed by atoms with E-state index in [0.29, 0.717) is 31.6 Å². The van der Waals surface area contributed by atoms with Crippen LogP contribution in [0.2, 0.25) is 0 Å². The Kier molecular flexibility index (Phi) is 66.2. The highest BCUT2D eigenvalue weighted by Crippen LogP contribution is 2.45. The van der Waals surface area contributed by atoms with Crippen molar-refractivity contribution in [3.8, 4) is 0 Å². The van der Waals surface area contributed by atoms with E-state index in [-0.39, 0.29) is 25.7 Å². The van der Waals surface area contributed by atoms with Crippen LogP contribution in [0.15, 0.2) is 0 Å². The summed E-state index contributed by atoms with van der Waals surface area (Å²) in [5.41, 5.74) is 0. The highest BCUT2D eigenvalue weighted by Gasteiger charge is 2.30. The van der Waals surface area contributed by atoms with Crippen molar-refractivity contribution in [1.29, 1.82) is 0 Å². The van der Waals surface area contributed by atoms with Crippen LogP contribution in [0.3, 0.4) is 0 Å². The van der Waals surface area contributed by atoms with Crippen LogP contribution in [0.5, 0.6) is 0 Å². The first-order valence-corrected chi connectivity index (χ1v) is 42.8. The predicted octanol–water partition coefficient (Wildman–Crippen LogP) is 22.6. The topological polar surface area (TPSA) is 237 Å². The van der Waals surface area contributed by atoms with Gasteiger partial charge in [-0.3, -0.25) is 37.3 Å². The van der Waals surface area contributed by atoms with E-state index in [2.05, 4.69) is 48.5 Å². The lowest BCUT2D eigenvalue weighted by molar-refractivity contribution is -0.161. The van der Waals surface area contributed by atoms with E-state index in [4.69, 9.17) is 37.0 Å². The van der Waals surface area contributed by atoms with Gasteiger partial charge in [-0.15, -0.1) is 0 Å². The van der Waals surface area contributed by atoms with E-state index in [1.807, 2.05) is 0 Å². The molecule has 0 heterocycles. The largest absolute Gasteiger partial charge is 0.472 e.